The highest BCUT2D eigenvalue weighted by Crippen LogP contribution is 2.21. The average Bonchev–Trinajstić information content (AvgIpc) is 2.88. The van der Waals surface area contributed by atoms with Crippen molar-refractivity contribution in [1.29, 1.82) is 0 Å². The van der Waals surface area contributed by atoms with E-state index in [0.717, 1.165) is 28.4 Å². The number of aromatic nitrogens is 3. The van der Waals surface area contributed by atoms with E-state index in [0.29, 0.717) is 6.54 Å². The molecule has 0 amide bonds. The van der Waals surface area contributed by atoms with E-state index in [1.165, 1.54) is 0 Å². The molecule has 0 bridgehead atoms. The first-order valence-corrected chi connectivity index (χ1v) is 5.99. The van der Waals surface area contributed by atoms with E-state index in [-0.39, 0.29) is 6.61 Å². The van der Waals surface area contributed by atoms with E-state index >= 15 is 0 Å². The zero-order valence-electron chi connectivity index (χ0n) is 10.0. The molecule has 0 atom stereocenters. The number of rotatable bonds is 4. The summed E-state index contributed by atoms with van der Waals surface area (Å²) in [4.78, 5) is 0. The Labute approximate surface area is 105 Å². The Morgan fingerprint density at radius 2 is 2.24 bits per heavy atom. The zero-order chi connectivity index (χ0) is 12.4. The van der Waals surface area contributed by atoms with Crippen LogP contribution in [0.4, 0.5) is 0 Å². The number of hydrogen-bond donors (Lipinski definition) is 1. The van der Waals surface area contributed by atoms with E-state index in [9.17, 15) is 0 Å². The fourth-order valence-electron chi connectivity index (χ4n) is 1.85. The fraction of sp³-hybridized carbons (Fsp3) is 0.417. The van der Waals surface area contributed by atoms with Crippen molar-refractivity contribution in [2.45, 2.75) is 26.5 Å². The summed E-state index contributed by atoms with van der Waals surface area (Å²) in [5, 5.41) is 14.1. The first kappa shape index (κ1) is 12.2. The number of halogens is 1. The predicted molar refractivity (Wildman–Crippen MR) is 67.1 cm³/mol. The number of hydrogen-bond acceptors (Lipinski definition) is 2. The number of aryl methyl sites for hydroxylation is 2. The molecule has 0 saturated carbocycles. The van der Waals surface area contributed by atoms with Gasteiger partial charge in [-0.25, -0.2) is 0 Å². The molecule has 2 rings (SSSR count). The van der Waals surface area contributed by atoms with Gasteiger partial charge in [0.25, 0.3) is 0 Å². The molecule has 0 aromatic carbocycles. The highest BCUT2D eigenvalue weighted by molar-refractivity contribution is 6.31. The highest BCUT2D eigenvalue weighted by atomic mass is 35.5. The summed E-state index contributed by atoms with van der Waals surface area (Å²) in [5.74, 6) is 0. The van der Waals surface area contributed by atoms with Crippen LogP contribution in [0.15, 0.2) is 18.5 Å². The number of aliphatic hydroxyl groups is 1. The van der Waals surface area contributed by atoms with Crippen molar-refractivity contribution in [3.05, 3.63) is 40.4 Å². The summed E-state index contributed by atoms with van der Waals surface area (Å²) in [7, 11) is 1.90. The number of aliphatic hydroxyl groups excluding tert-OH is 1. The number of nitrogens with zero attached hydrogens (tertiary/aromatic N) is 3. The third-order valence-electron chi connectivity index (χ3n) is 2.83. The lowest BCUT2D eigenvalue weighted by Gasteiger charge is -2.04. The SMILES string of the molecule is CCc1nn(C)c(Cn2ccc(CO)c2)c1Cl. The molecule has 2 heterocycles. The van der Waals surface area contributed by atoms with E-state index in [4.69, 9.17) is 16.7 Å². The summed E-state index contributed by atoms with van der Waals surface area (Å²) < 4.78 is 3.81. The van der Waals surface area contributed by atoms with E-state index < -0.39 is 0 Å². The standard InChI is InChI=1S/C12H16ClN3O/c1-3-10-12(13)11(15(2)14-10)7-16-5-4-9(6-16)8-17/h4-6,17H,3,7-8H2,1-2H3. The molecule has 0 radical (unpaired) electrons. The molecule has 5 heteroatoms. The molecule has 1 N–H and O–H groups in total. The fourth-order valence-corrected chi connectivity index (χ4v) is 2.20. The first-order valence-electron chi connectivity index (χ1n) is 5.61. The van der Waals surface area contributed by atoms with Crippen LogP contribution in [-0.4, -0.2) is 19.5 Å². The largest absolute Gasteiger partial charge is 0.392 e. The van der Waals surface area contributed by atoms with Crippen molar-refractivity contribution in [3.8, 4) is 0 Å². The van der Waals surface area contributed by atoms with Gasteiger partial charge in [-0.15, -0.1) is 0 Å². The van der Waals surface area contributed by atoms with Gasteiger partial charge in [-0.2, -0.15) is 5.10 Å². The van der Waals surface area contributed by atoms with Crippen LogP contribution in [0.5, 0.6) is 0 Å². The van der Waals surface area contributed by atoms with Crippen molar-refractivity contribution in [2.75, 3.05) is 0 Å². The lowest BCUT2D eigenvalue weighted by atomic mass is 10.3. The van der Waals surface area contributed by atoms with Crippen LogP contribution in [0, 0.1) is 0 Å². The first-order chi connectivity index (χ1) is 8.15. The Morgan fingerprint density at radius 1 is 1.47 bits per heavy atom. The second kappa shape index (κ2) is 4.94. The monoisotopic (exact) mass is 253 g/mol. The Kier molecular flexibility index (Phi) is 3.54. The Bertz CT molecular complexity index is 516. The minimum absolute atomic E-state index is 0.0618. The molecule has 2 aromatic rings. The lowest BCUT2D eigenvalue weighted by molar-refractivity contribution is 0.281. The van der Waals surface area contributed by atoms with Gasteiger partial charge in [0.05, 0.1) is 29.6 Å². The third-order valence-corrected chi connectivity index (χ3v) is 3.27. The molecule has 0 aliphatic carbocycles. The summed E-state index contributed by atoms with van der Waals surface area (Å²) in [6.07, 6.45) is 4.68. The van der Waals surface area contributed by atoms with Gasteiger partial charge in [0, 0.05) is 19.4 Å². The maximum absolute atomic E-state index is 9.01. The van der Waals surface area contributed by atoms with Crippen molar-refractivity contribution in [1.82, 2.24) is 14.3 Å². The van der Waals surface area contributed by atoms with Gasteiger partial charge in [-0.05, 0) is 18.1 Å². The highest BCUT2D eigenvalue weighted by Gasteiger charge is 2.13. The normalized spacial score (nSPS) is 11.1. The molecular weight excluding hydrogens is 238 g/mol. The van der Waals surface area contributed by atoms with Crippen LogP contribution in [0.2, 0.25) is 5.02 Å². The van der Waals surface area contributed by atoms with Gasteiger partial charge in [0.2, 0.25) is 0 Å². The van der Waals surface area contributed by atoms with Crippen LogP contribution < -0.4 is 0 Å². The van der Waals surface area contributed by atoms with Gasteiger partial charge < -0.3 is 9.67 Å². The topological polar surface area (TPSA) is 43.0 Å². The van der Waals surface area contributed by atoms with E-state index in [1.54, 1.807) is 0 Å². The zero-order valence-corrected chi connectivity index (χ0v) is 10.8. The Morgan fingerprint density at radius 3 is 2.76 bits per heavy atom. The molecule has 0 spiro atoms. The molecule has 4 nitrogen and oxygen atoms in total. The predicted octanol–water partition coefficient (Wildman–Crippen LogP) is 1.98. The van der Waals surface area contributed by atoms with Crippen molar-refractivity contribution in [2.24, 2.45) is 7.05 Å². The van der Waals surface area contributed by atoms with Gasteiger partial charge in [0.15, 0.2) is 0 Å². The summed E-state index contributed by atoms with van der Waals surface area (Å²) in [6.45, 7) is 2.77. The molecule has 0 unspecified atom stereocenters. The van der Waals surface area contributed by atoms with Crippen LogP contribution in [0.25, 0.3) is 0 Å². The lowest BCUT2D eigenvalue weighted by Crippen LogP contribution is -2.04. The summed E-state index contributed by atoms with van der Waals surface area (Å²) >= 11 is 6.27. The van der Waals surface area contributed by atoms with Crippen LogP contribution in [0.3, 0.4) is 0 Å². The van der Waals surface area contributed by atoms with Gasteiger partial charge >= 0.3 is 0 Å². The third kappa shape index (κ3) is 2.37. The summed E-state index contributed by atoms with van der Waals surface area (Å²) in [5.41, 5.74) is 2.82. The van der Waals surface area contributed by atoms with Crippen LogP contribution >= 0.6 is 11.6 Å². The molecule has 0 fully saturated rings. The molecular formula is C12H16ClN3O. The van der Waals surface area contributed by atoms with Crippen molar-refractivity contribution < 1.29 is 5.11 Å². The van der Waals surface area contributed by atoms with Crippen molar-refractivity contribution >= 4 is 11.6 Å². The minimum atomic E-state index is 0.0618. The van der Waals surface area contributed by atoms with E-state index in [2.05, 4.69) is 5.10 Å². The van der Waals surface area contributed by atoms with Crippen LogP contribution in [-0.2, 0) is 26.6 Å². The second-order valence-electron chi connectivity index (χ2n) is 4.03. The molecule has 0 aliphatic heterocycles. The smallest absolute Gasteiger partial charge is 0.0868 e. The molecule has 0 aliphatic rings. The maximum Gasteiger partial charge on any atom is 0.0868 e. The molecule has 17 heavy (non-hydrogen) atoms. The van der Waals surface area contributed by atoms with Gasteiger partial charge in [-0.1, -0.05) is 18.5 Å². The molecule has 92 valence electrons. The van der Waals surface area contributed by atoms with Gasteiger partial charge in [0.1, 0.15) is 0 Å². The quantitative estimate of drug-likeness (QED) is 0.906. The minimum Gasteiger partial charge on any atom is -0.392 e. The maximum atomic E-state index is 9.01. The van der Waals surface area contributed by atoms with Crippen molar-refractivity contribution in [3.63, 3.8) is 0 Å². The average molecular weight is 254 g/mol. The van der Waals surface area contributed by atoms with E-state index in [1.807, 2.05) is 41.7 Å². The van der Waals surface area contributed by atoms with Gasteiger partial charge in [-0.3, -0.25) is 4.68 Å². The van der Waals surface area contributed by atoms with Crippen LogP contribution in [0.1, 0.15) is 23.9 Å². The molecule has 0 saturated heterocycles. The Balaban J connectivity index is 2.26. The second-order valence-corrected chi connectivity index (χ2v) is 4.41. The Hall–Kier alpha value is -1.26. The summed E-state index contributed by atoms with van der Waals surface area (Å²) in [6, 6.07) is 1.89. The molecule has 2 aromatic heterocycles.